The summed E-state index contributed by atoms with van der Waals surface area (Å²) in [6, 6.07) is 1.72. The largest absolute Gasteiger partial charge is 0.360 e. The molecule has 0 aliphatic rings. The lowest BCUT2D eigenvalue weighted by atomic mass is 10.0. The third-order valence-electron chi connectivity index (χ3n) is 2.34. The quantitative estimate of drug-likeness (QED) is 0.724. The second-order valence-corrected chi connectivity index (χ2v) is 3.47. The Hall–Kier alpha value is -1.36. The van der Waals surface area contributed by atoms with Crippen LogP contribution in [-0.2, 0) is 11.3 Å². The highest BCUT2D eigenvalue weighted by atomic mass is 16.5. The van der Waals surface area contributed by atoms with Gasteiger partial charge in [-0.3, -0.25) is 4.79 Å². The zero-order chi connectivity index (χ0) is 11.1. The van der Waals surface area contributed by atoms with Gasteiger partial charge in [0.2, 0.25) is 5.91 Å². The number of nitrogens with one attached hydrogen (secondary N) is 1. The summed E-state index contributed by atoms with van der Waals surface area (Å²) < 4.78 is 4.85. The Bertz CT molecular complexity index is 281. The molecule has 5 nitrogen and oxygen atoms in total. The minimum Gasteiger partial charge on any atom is -0.360 e. The summed E-state index contributed by atoms with van der Waals surface area (Å²) in [6.07, 6.45) is 2.95. The summed E-state index contributed by atoms with van der Waals surface area (Å²) >= 11 is 0. The molecule has 5 heteroatoms. The molecule has 0 aromatic carbocycles. The smallest absolute Gasteiger partial charge is 0.220 e. The average molecular weight is 211 g/mol. The van der Waals surface area contributed by atoms with Gasteiger partial charge in [0.1, 0.15) is 0 Å². The molecule has 1 unspecified atom stereocenters. The number of nitrogens with zero attached hydrogens (tertiary/aromatic N) is 1. The Kier molecular flexibility index (Phi) is 4.83. The third-order valence-corrected chi connectivity index (χ3v) is 2.34. The Morgan fingerprint density at radius 3 is 3.07 bits per heavy atom. The number of amides is 1. The molecule has 0 radical (unpaired) electrons. The highest BCUT2D eigenvalue weighted by Gasteiger charge is 2.10. The molecule has 0 spiro atoms. The van der Waals surface area contributed by atoms with Crippen LogP contribution in [0.4, 0.5) is 0 Å². The van der Waals surface area contributed by atoms with Crippen molar-refractivity contribution in [2.24, 2.45) is 11.7 Å². The van der Waals surface area contributed by atoms with E-state index in [9.17, 15) is 4.79 Å². The molecule has 0 aliphatic carbocycles. The second-order valence-electron chi connectivity index (χ2n) is 3.47. The van der Waals surface area contributed by atoms with Crippen molar-refractivity contribution in [3.8, 4) is 0 Å². The summed E-state index contributed by atoms with van der Waals surface area (Å²) in [6.45, 7) is 2.97. The van der Waals surface area contributed by atoms with Crippen molar-refractivity contribution in [3.63, 3.8) is 0 Å². The molecule has 1 rings (SSSR count). The monoisotopic (exact) mass is 211 g/mol. The maximum atomic E-state index is 11.4. The maximum Gasteiger partial charge on any atom is 0.220 e. The van der Waals surface area contributed by atoms with E-state index in [4.69, 9.17) is 10.3 Å². The Morgan fingerprint density at radius 2 is 2.53 bits per heavy atom. The Labute approximate surface area is 89.0 Å². The van der Waals surface area contributed by atoms with Gasteiger partial charge in [0.05, 0.1) is 12.7 Å². The standard InChI is InChI=1S/C10H17N3O2/c1-2-8(6-11)5-10(14)12-7-9-3-4-13-15-9/h3-4,8H,2,5-7,11H2,1H3,(H,12,14). The van der Waals surface area contributed by atoms with Crippen molar-refractivity contribution < 1.29 is 9.32 Å². The number of hydrogen-bond donors (Lipinski definition) is 2. The SMILES string of the molecule is CCC(CN)CC(=O)NCc1ccno1. The first-order valence-corrected chi connectivity index (χ1v) is 5.12. The van der Waals surface area contributed by atoms with Crippen LogP contribution in [-0.4, -0.2) is 17.6 Å². The fourth-order valence-electron chi connectivity index (χ4n) is 1.25. The van der Waals surface area contributed by atoms with E-state index in [-0.39, 0.29) is 11.8 Å². The number of carbonyl (C=O) groups is 1. The predicted molar refractivity (Wildman–Crippen MR) is 55.8 cm³/mol. The summed E-state index contributed by atoms with van der Waals surface area (Å²) in [4.78, 5) is 11.4. The van der Waals surface area contributed by atoms with Crippen LogP contribution >= 0.6 is 0 Å². The fourth-order valence-corrected chi connectivity index (χ4v) is 1.25. The van der Waals surface area contributed by atoms with Crippen LogP contribution in [0, 0.1) is 5.92 Å². The fraction of sp³-hybridized carbons (Fsp3) is 0.600. The normalized spacial score (nSPS) is 12.4. The third kappa shape index (κ3) is 4.12. The molecule has 15 heavy (non-hydrogen) atoms. The van der Waals surface area contributed by atoms with Crippen molar-refractivity contribution >= 4 is 5.91 Å². The Morgan fingerprint density at radius 1 is 1.73 bits per heavy atom. The van der Waals surface area contributed by atoms with Gasteiger partial charge < -0.3 is 15.6 Å². The molecule has 3 N–H and O–H groups in total. The van der Waals surface area contributed by atoms with E-state index in [1.54, 1.807) is 12.3 Å². The highest BCUT2D eigenvalue weighted by Crippen LogP contribution is 2.05. The van der Waals surface area contributed by atoms with Crippen molar-refractivity contribution in [1.82, 2.24) is 10.5 Å². The van der Waals surface area contributed by atoms with Crippen molar-refractivity contribution in [2.45, 2.75) is 26.3 Å². The van der Waals surface area contributed by atoms with Gasteiger partial charge in [0.15, 0.2) is 5.76 Å². The van der Waals surface area contributed by atoms with E-state index in [1.165, 1.54) is 0 Å². The van der Waals surface area contributed by atoms with Crippen LogP contribution in [0.2, 0.25) is 0 Å². The molecule has 1 heterocycles. The van der Waals surface area contributed by atoms with E-state index in [1.807, 2.05) is 6.92 Å². The first-order chi connectivity index (χ1) is 7.26. The zero-order valence-corrected chi connectivity index (χ0v) is 8.90. The summed E-state index contributed by atoms with van der Waals surface area (Å²) in [5.41, 5.74) is 5.51. The molecule has 1 atom stereocenters. The van der Waals surface area contributed by atoms with E-state index in [0.29, 0.717) is 25.3 Å². The number of carbonyl (C=O) groups excluding carboxylic acids is 1. The summed E-state index contributed by atoms with van der Waals surface area (Å²) in [5, 5.41) is 6.30. The number of aromatic nitrogens is 1. The molecule has 0 bridgehead atoms. The molecular weight excluding hydrogens is 194 g/mol. The van der Waals surface area contributed by atoms with Gasteiger partial charge in [-0.2, -0.15) is 0 Å². The van der Waals surface area contributed by atoms with Crippen molar-refractivity contribution in [2.75, 3.05) is 6.54 Å². The lowest BCUT2D eigenvalue weighted by molar-refractivity contribution is -0.122. The average Bonchev–Trinajstić information content (AvgIpc) is 2.75. The van der Waals surface area contributed by atoms with E-state index >= 15 is 0 Å². The molecule has 1 aromatic heterocycles. The predicted octanol–water partition coefficient (Wildman–Crippen LogP) is 0.666. The molecule has 1 aromatic rings. The van der Waals surface area contributed by atoms with Gasteiger partial charge in [-0.1, -0.05) is 18.5 Å². The molecule has 0 aliphatic heterocycles. The molecule has 84 valence electrons. The molecule has 0 saturated carbocycles. The minimum atomic E-state index is 0.00343. The minimum absolute atomic E-state index is 0.00343. The van der Waals surface area contributed by atoms with Gasteiger partial charge in [-0.15, -0.1) is 0 Å². The van der Waals surface area contributed by atoms with Crippen LogP contribution in [0.1, 0.15) is 25.5 Å². The van der Waals surface area contributed by atoms with E-state index < -0.39 is 0 Å². The van der Waals surface area contributed by atoms with Gasteiger partial charge in [-0.05, 0) is 12.5 Å². The molecule has 0 saturated heterocycles. The van der Waals surface area contributed by atoms with Gasteiger partial charge in [0.25, 0.3) is 0 Å². The lowest BCUT2D eigenvalue weighted by Crippen LogP contribution is -2.27. The molecule has 1 amide bonds. The maximum absolute atomic E-state index is 11.4. The number of hydrogen-bond acceptors (Lipinski definition) is 4. The van der Waals surface area contributed by atoms with Crippen LogP contribution < -0.4 is 11.1 Å². The first-order valence-electron chi connectivity index (χ1n) is 5.12. The van der Waals surface area contributed by atoms with Gasteiger partial charge in [-0.25, -0.2) is 0 Å². The summed E-state index contributed by atoms with van der Waals surface area (Å²) in [5.74, 6) is 0.924. The van der Waals surface area contributed by atoms with Crippen LogP contribution in [0.25, 0.3) is 0 Å². The van der Waals surface area contributed by atoms with Crippen molar-refractivity contribution in [3.05, 3.63) is 18.0 Å². The highest BCUT2D eigenvalue weighted by molar-refractivity contribution is 5.76. The lowest BCUT2D eigenvalue weighted by Gasteiger charge is -2.10. The zero-order valence-electron chi connectivity index (χ0n) is 8.90. The molecule has 0 fully saturated rings. The Balaban J connectivity index is 2.24. The number of nitrogens with two attached hydrogens (primary N) is 1. The van der Waals surface area contributed by atoms with Crippen LogP contribution in [0.15, 0.2) is 16.8 Å². The van der Waals surface area contributed by atoms with E-state index in [0.717, 1.165) is 6.42 Å². The van der Waals surface area contributed by atoms with Crippen LogP contribution in [0.5, 0.6) is 0 Å². The number of rotatable bonds is 6. The van der Waals surface area contributed by atoms with Crippen molar-refractivity contribution in [1.29, 1.82) is 0 Å². The topological polar surface area (TPSA) is 81.2 Å². The first kappa shape index (κ1) is 11.7. The summed E-state index contributed by atoms with van der Waals surface area (Å²) in [7, 11) is 0. The molecular formula is C10H17N3O2. The van der Waals surface area contributed by atoms with Crippen LogP contribution in [0.3, 0.4) is 0 Å². The van der Waals surface area contributed by atoms with Gasteiger partial charge in [0, 0.05) is 12.5 Å². The van der Waals surface area contributed by atoms with E-state index in [2.05, 4.69) is 10.5 Å². The second kappa shape index (κ2) is 6.19. The van der Waals surface area contributed by atoms with Gasteiger partial charge >= 0.3 is 0 Å².